The predicted octanol–water partition coefficient (Wildman–Crippen LogP) is 17.6. The summed E-state index contributed by atoms with van der Waals surface area (Å²) in [4.78, 5) is 4.67. The van der Waals surface area contributed by atoms with Crippen molar-refractivity contribution in [3.8, 4) is 11.1 Å². The molecular formula is C60H44N2O2. The minimum absolute atomic E-state index is 0.822. The summed E-state index contributed by atoms with van der Waals surface area (Å²) in [6.45, 7) is 8.58. The fourth-order valence-corrected chi connectivity index (χ4v) is 9.71. The summed E-state index contributed by atoms with van der Waals surface area (Å²) < 4.78 is 14.0. The van der Waals surface area contributed by atoms with Gasteiger partial charge in [0.2, 0.25) is 0 Å². The molecule has 2 heterocycles. The van der Waals surface area contributed by atoms with Crippen molar-refractivity contribution in [2.75, 3.05) is 9.80 Å². The molecule has 12 rings (SSSR count). The van der Waals surface area contributed by atoms with Gasteiger partial charge < -0.3 is 18.6 Å². The van der Waals surface area contributed by atoms with Crippen LogP contribution in [0, 0.1) is 27.7 Å². The second-order valence-electron chi connectivity index (χ2n) is 17.4. The number of aryl methyl sites for hydroxylation is 4. The molecule has 0 atom stereocenters. The summed E-state index contributed by atoms with van der Waals surface area (Å²) in [7, 11) is 0. The zero-order chi connectivity index (χ0) is 43.1. The van der Waals surface area contributed by atoms with Crippen LogP contribution in [-0.4, -0.2) is 0 Å². The Bertz CT molecular complexity index is 3480. The number of fused-ring (bicyclic) bond motifs is 8. The molecule has 2 aromatic heterocycles. The molecule has 0 spiro atoms. The first-order valence-corrected chi connectivity index (χ1v) is 22.0. The molecule has 0 saturated carbocycles. The van der Waals surface area contributed by atoms with Crippen molar-refractivity contribution in [3.05, 3.63) is 216 Å². The van der Waals surface area contributed by atoms with Gasteiger partial charge in [0.1, 0.15) is 22.3 Å². The fraction of sp³-hybridized carbons (Fsp3) is 0.0667. The zero-order valence-electron chi connectivity index (χ0n) is 36.2. The summed E-state index contributed by atoms with van der Waals surface area (Å²) in [5.41, 5.74) is 16.9. The Morgan fingerprint density at radius 1 is 0.297 bits per heavy atom. The molecule has 4 heteroatoms. The quantitative estimate of drug-likeness (QED) is 0.160. The van der Waals surface area contributed by atoms with E-state index in [1.165, 1.54) is 22.3 Å². The highest BCUT2D eigenvalue weighted by atomic mass is 16.3. The second-order valence-corrected chi connectivity index (χ2v) is 17.4. The van der Waals surface area contributed by atoms with Gasteiger partial charge in [-0.15, -0.1) is 0 Å². The molecule has 0 aliphatic carbocycles. The Balaban J connectivity index is 1.03. The van der Waals surface area contributed by atoms with Crippen molar-refractivity contribution in [2.24, 2.45) is 0 Å². The third-order valence-corrected chi connectivity index (χ3v) is 12.7. The fourth-order valence-electron chi connectivity index (χ4n) is 9.71. The van der Waals surface area contributed by atoms with Crippen LogP contribution in [-0.2, 0) is 0 Å². The highest BCUT2D eigenvalue weighted by Crippen LogP contribution is 2.47. The number of hydrogen-bond donors (Lipinski definition) is 0. The van der Waals surface area contributed by atoms with Crippen LogP contribution < -0.4 is 9.80 Å². The Morgan fingerprint density at radius 3 is 1.08 bits per heavy atom. The van der Waals surface area contributed by atoms with E-state index in [-0.39, 0.29) is 0 Å². The lowest BCUT2D eigenvalue weighted by Crippen LogP contribution is -2.10. The molecular weight excluding hydrogens is 781 g/mol. The average Bonchev–Trinajstić information content (AvgIpc) is 3.83. The van der Waals surface area contributed by atoms with E-state index in [2.05, 4.69) is 232 Å². The van der Waals surface area contributed by atoms with E-state index in [0.29, 0.717) is 0 Å². The third-order valence-electron chi connectivity index (χ3n) is 12.7. The normalized spacial score (nSPS) is 11.8. The van der Waals surface area contributed by atoms with Crippen LogP contribution in [0.5, 0.6) is 0 Å². The number of rotatable bonds is 7. The van der Waals surface area contributed by atoms with Gasteiger partial charge in [0.25, 0.3) is 0 Å². The van der Waals surface area contributed by atoms with E-state index in [1.807, 2.05) is 0 Å². The van der Waals surface area contributed by atoms with Gasteiger partial charge in [0.15, 0.2) is 0 Å². The number of furan rings is 2. The number of hydrogen-bond acceptors (Lipinski definition) is 4. The Kier molecular flexibility index (Phi) is 8.70. The van der Waals surface area contributed by atoms with E-state index >= 15 is 0 Å². The first-order valence-electron chi connectivity index (χ1n) is 22.0. The average molecular weight is 825 g/mol. The summed E-state index contributed by atoms with van der Waals surface area (Å²) in [5.74, 6) is 0. The van der Waals surface area contributed by atoms with E-state index < -0.39 is 0 Å². The van der Waals surface area contributed by atoms with Crippen molar-refractivity contribution < 1.29 is 8.83 Å². The van der Waals surface area contributed by atoms with Gasteiger partial charge >= 0.3 is 0 Å². The molecule has 64 heavy (non-hydrogen) atoms. The second kappa shape index (κ2) is 14.8. The minimum Gasteiger partial charge on any atom is -0.455 e. The third kappa shape index (κ3) is 6.37. The highest BCUT2D eigenvalue weighted by molar-refractivity contribution is 6.24. The molecule has 0 fully saturated rings. The van der Waals surface area contributed by atoms with Gasteiger partial charge in [-0.05, 0) is 180 Å². The maximum Gasteiger partial charge on any atom is 0.147 e. The summed E-state index contributed by atoms with van der Waals surface area (Å²) >= 11 is 0. The van der Waals surface area contributed by atoms with Crippen molar-refractivity contribution >= 4 is 99.5 Å². The molecule has 0 unspecified atom stereocenters. The number of nitrogens with zero attached hydrogens (tertiary/aromatic N) is 2. The summed E-state index contributed by atoms with van der Waals surface area (Å²) in [6.07, 6.45) is 0. The first kappa shape index (κ1) is 37.7. The molecule has 0 amide bonds. The maximum atomic E-state index is 6.99. The van der Waals surface area contributed by atoms with Crippen LogP contribution in [0.15, 0.2) is 203 Å². The topological polar surface area (TPSA) is 32.8 Å². The van der Waals surface area contributed by atoms with Gasteiger partial charge in [-0.2, -0.15) is 0 Å². The van der Waals surface area contributed by atoms with Gasteiger partial charge in [0, 0.05) is 55.7 Å². The zero-order valence-corrected chi connectivity index (χ0v) is 36.2. The van der Waals surface area contributed by atoms with E-state index in [0.717, 1.165) is 111 Å². The van der Waals surface area contributed by atoms with E-state index in [4.69, 9.17) is 8.83 Å². The molecule has 10 aromatic carbocycles. The van der Waals surface area contributed by atoms with Gasteiger partial charge in [-0.25, -0.2) is 0 Å². The molecule has 12 aromatic rings. The molecule has 0 N–H and O–H groups in total. The van der Waals surface area contributed by atoms with Gasteiger partial charge in [-0.1, -0.05) is 91.0 Å². The first-order chi connectivity index (χ1) is 31.3. The Hall–Kier alpha value is -8.08. The standard InChI is InChI=1S/C60H44N2O2/c1-37-12-8-18-46(26-37)61(47-19-9-13-38(2)27-47)50-24-22-42-32-52-54-36-55-53-33-43-23-25-51(62(48-20-10-14-39(3)28-48)49-21-11-15-40(4)29-49)31-45(43)35-57(53)64-60(55)58(41-16-6-5-7-17-41)59(54)63-56(52)34-44(42)30-50/h5-36H,1-4H3. The highest BCUT2D eigenvalue weighted by Gasteiger charge is 2.23. The van der Waals surface area contributed by atoms with Crippen molar-refractivity contribution in [2.45, 2.75) is 27.7 Å². The van der Waals surface area contributed by atoms with Crippen LogP contribution in [0.3, 0.4) is 0 Å². The molecule has 306 valence electrons. The predicted molar refractivity (Wildman–Crippen MR) is 270 cm³/mol. The lowest BCUT2D eigenvalue weighted by molar-refractivity contribution is 0.658. The Labute approximate surface area is 371 Å². The summed E-state index contributed by atoms with van der Waals surface area (Å²) in [6, 6.07) is 70.1. The smallest absolute Gasteiger partial charge is 0.147 e. The van der Waals surface area contributed by atoms with Crippen LogP contribution in [0.25, 0.3) is 76.5 Å². The SMILES string of the molecule is Cc1cccc(N(c2cccc(C)c2)c2ccc3cc4c(cc3c2)oc2c(-c3ccccc3)c3oc5cc6cc(N(c7cccc(C)c7)c7cccc(C)c7)ccc6cc5c3cc24)c1. The molecule has 0 aliphatic heterocycles. The Morgan fingerprint density at radius 2 is 0.688 bits per heavy atom. The maximum absolute atomic E-state index is 6.99. The molecule has 0 aliphatic rings. The number of anilines is 6. The molecule has 4 nitrogen and oxygen atoms in total. The lowest BCUT2D eigenvalue weighted by Gasteiger charge is -2.26. The minimum atomic E-state index is 0.822. The van der Waals surface area contributed by atoms with E-state index in [9.17, 15) is 0 Å². The molecule has 0 saturated heterocycles. The van der Waals surface area contributed by atoms with Crippen molar-refractivity contribution in [1.82, 2.24) is 0 Å². The van der Waals surface area contributed by atoms with Crippen LogP contribution in [0.2, 0.25) is 0 Å². The van der Waals surface area contributed by atoms with Gasteiger partial charge in [-0.3, -0.25) is 0 Å². The van der Waals surface area contributed by atoms with Crippen LogP contribution in [0.4, 0.5) is 34.1 Å². The van der Waals surface area contributed by atoms with Crippen molar-refractivity contribution in [3.63, 3.8) is 0 Å². The largest absolute Gasteiger partial charge is 0.455 e. The molecule has 0 radical (unpaired) electrons. The van der Waals surface area contributed by atoms with Crippen LogP contribution in [0.1, 0.15) is 22.3 Å². The summed E-state index contributed by atoms with van der Waals surface area (Å²) in [5, 5.41) is 8.82. The van der Waals surface area contributed by atoms with Crippen LogP contribution >= 0.6 is 0 Å². The van der Waals surface area contributed by atoms with Gasteiger partial charge in [0.05, 0.1) is 5.56 Å². The van der Waals surface area contributed by atoms with Crippen molar-refractivity contribution in [1.29, 1.82) is 0 Å². The lowest BCUT2D eigenvalue weighted by atomic mass is 9.97. The molecule has 0 bridgehead atoms. The van der Waals surface area contributed by atoms with E-state index in [1.54, 1.807) is 0 Å². The monoisotopic (exact) mass is 824 g/mol. The number of benzene rings is 10.